The first-order valence-corrected chi connectivity index (χ1v) is 10.7. The normalized spacial score (nSPS) is 14.2. The van der Waals surface area contributed by atoms with Gasteiger partial charge in [-0.05, 0) is 35.7 Å². The van der Waals surface area contributed by atoms with Crippen LogP contribution in [0.5, 0.6) is 5.75 Å². The fraction of sp³-hybridized carbons (Fsp3) is 0.292. The summed E-state index contributed by atoms with van der Waals surface area (Å²) < 4.78 is 13.0. The first-order chi connectivity index (χ1) is 15.6. The van der Waals surface area contributed by atoms with E-state index < -0.39 is 0 Å². The molecule has 0 saturated carbocycles. The average Bonchev–Trinajstić information content (AvgIpc) is 3.45. The van der Waals surface area contributed by atoms with Gasteiger partial charge >= 0.3 is 0 Å². The maximum absolute atomic E-state index is 13.1. The van der Waals surface area contributed by atoms with Gasteiger partial charge in [-0.25, -0.2) is 0 Å². The van der Waals surface area contributed by atoms with Crippen molar-refractivity contribution in [2.45, 2.75) is 13.5 Å². The maximum Gasteiger partial charge on any atom is 0.247 e. The summed E-state index contributed by atoms with van der Waals surface area (Å²) >= 11 is 0. The van der Waals surface area contributed by atoms with Gasteiger partial charge in [-0.1, -0.05) is 18.2 Å². The predicted octanol–water partition coefficient (Wildman–Crippen LogP) is 3.36. The molecule has 1 fully saturated rings. The van der Waals surface area contributed by atoms with Crippen molar-refractivity contribution >= 4 is 22.5 Å². The molecule has 1 saturated heterocycles. The number of para-hydroxylation sites is 2. The highest BCUT2D eigenvalue weighted by Gasteiger charge is 2.23. The first kappa shape index (κ1) is 20.1. The van der Waals surface area contributed by atoms with Crippen LogP contribution in [0.1, 0.15) is 5.89 Å². The SMILES string of the molecule is COc1ccccc1N1CCN(C(=O)Cn2ccc3ccc(-c4nnc(C)o4)cc32)CC1. The molecule has 0 spiro atoms. The molecule has 5 rings (SSSR count). The molecule has 0 atom stereocenters. The summed E-state index contributed by atoms with van der Waals surface area (Å²) in [6, 6.07) is 16.0. The summed E-state index contributed by atoms with van der Waals surface area (Å²) in [7, 11) is 1.69. The van der Waals surface area contributed by atoms with Crippen LogP contribution < -0.4 is 9.64 Å². The third-order valence-corrected chi connectivity index (χ3v) is 5.91. The van der Waals surface area contributed by atoms with Gasteiger partial charge in [0.25, 0.3) is 0 Å². The molecule has 3 heterocycles. The van der Waals surface area contributed by atoms with Crippen LogP contribution in [0.2, 0.25) is 0 Å². The molecular weight excluding hydrogens is 406 g/mol. The Bertz CT molecular complexity index is 1250. The van der Waals surface area contributed by atoms with Crippen LogP contribution in [0.25, 0.3) is 22.4 Å². The lowest BCUT2D eigenvalue weighted by Crippen LogP contribution is -2.49. The number of anilines is 1. The Labute approximate surface area is 186 Å². The van der Waals surface area contributed by atoms with E-state index in [9.17, 15) is 4.79 Å². The molecule has 1 amide bonds. The zero-order valence-corrected chi connectivity index (χ0v) is 18.2. The number of amides is 1. The smallest absolute Gasteiger partial charge is 0.247 e. The van der Waals surface area contributed by atoms with Crippen LogP contribution in [0, 0.1) is 6.92 Å². The highest BCUT2D eigenvalue weighted by molar-refractivity contribution is 5.86. The Morgan fingerprint density at radius 3 is 2.62 bits per heavy atom. The molecule has 1 aliphatic heterocycles. The Morgan fingerprint density at radius 1 is 1.06 bits per heavy atom. The average molecular weight is 431 g/mol. The van der Waals surface area contributed by atoms with Gasteiger partial charge in [0.2, 0.25) is 17.7 Å². The zero-order chi connectivity index (χ0) is 22.1. The number of benzene rings is 2. The molecule has 0 aliphatic carbocycles. The van der Waals surface area contributed by atoms with Gasteiger partial charge in [0, 0.05) is 50.4 Å². The number of rotatable bonds is 5. The van der Waals surface area contributed by atoms with E-state index in [0.717, 1.165) is 41.0 Å². The van der Waals surface area contributed by atoms with Gasteiger partial charge in [-0.15, -0.1) is 10.2 Å². The van der Waals surface area contributed by atoms with E-state index in [1.807, 2.05) is 58.1 Å². The molecule has 2 aromatic heterocycles. The minimum absolute atomic E-state index is 0.112. The van der Waals surface area contributed by atoms with E-state index >= 15 is 0 Å². The molecule has 0 N–H and O–H groups in total. The van der Waals surface area contributed by atoms with Crippen LogP contribution in [0.3, 0.4) is 0 Å². The molecular formula is C24H25N5O3. The van der Waals surface area contributed by atoms with Gasteiger partial charge in [0.1, 0.15) is 12.3 Å². The van der Waals surface area contributed by atoms with E-state index in [0.29, 0.717) is 31.4 Å². The van der Waals surface area contributed by atoms with E-state index in [1.54, 1.807) is 14.0 Å². The van der Waals surface area contributed by atoms with Crippen LogP contribution in [0.4, 0.5) is 5.69 Å². The second-order valence-electron chi connectivity index (χ2n) is 7.88. The number of nitrogens with zero attached hydrogens (tertiary/aromatic N) is 5. The number of carbonyl (C=O) groups excluding carboxylic acids is 1. The Morgan fingerprint density at radius 2 is 1.88 bits per heavy atom. The van der Waals surface area contributed by atoms with Crippen molar-refractivity contribution in [2.24, 2.45) is 0 Å². The lowest BCUT2D eigenvalue weighted by molar-refractivity contribution is -0.132. The standard InChI is InChI=1S/C24H25N5O3/c1-17-25-26-24(32-17)19-8-7-18-9-10-29(21(18)15-19)16-23(30)28-13-11-27(12-14-28)20-5-3-4-6-22(20)31-2/h3-10,15H,11-14,16H2,1-2H3. The number of aromatic nitrogens is 3. The Kier molecular flexibility index (Phi) is 5.26. The van der Waals surface area contributed by atoms with Crippen molar-refractivity contribution in [3.63, 3.8) is 0 Å². The van der Waals surface area contributed by atoms with Crippen molar-refractivity contribution in [2.75, 3.05) is 38.2 Å². The van der Waals surface area contributed by atoms with Crippen LogP contribution in [-0.2, 0) is 11.3 Å². The first-order valence-electron chi connectivity index (χ1n) is 10.7. The number of ether oxygens (including phenoxy) is 1. The Balaban J connectivity index is 1.28. The lowest BCUT2D eigenvalue weighted by Gasteiger charge is -2.36. The van der Waals surface area contributed by atoms with Crippen molar-refractivity contribution in [3.05, 3.63) is 60.6 Å². The van der Waals surface area contributed by atoms with E-state index in [2.05, 4.69) is 21.2 Å². The van der Waals surface area contributed by atoms with Gasteiger partial charge in [-0.3, -0.25) is 4.79 Å². The molecule has 2 aromatic carbocycles. The number of piperazine rings is 1. The quantitative estimate of drug-likeness (QED) is 0.482. The number of hydrogen-bond donors (Lipinski definition) is 0. The predicted molar refractivity (Wildman–Crippen MR) is 122 cm³/mol. The van der Waals surface area contributed by atoms with Crippen molar-refractivity contribution in [1.82, 2.24) is 19.7 Å². The number of methoxy groups -OCH3 is 1. The summed E-state index contributed by atoms with van der Waals surface area (Å²) in [4.78, 5) is 17.3. The maximum atomic E-state index is 13.1. The van der Waals surface area contributed by atoms with Gasteiger partial charge < -0.3 is 23.5 Å². The van der Waals surface area contributed by atoms with E-state index in [1.165, 1.54) is 0 Å². The number of hydrogen-bond acceptors (Lipinski definition) is 6. The van der Waals surface area contributed by atoms with Gasteiger partial charge in [-0.2, -0.15) is 0 Å². The second-order valence-corrected chi connectivity index (χ2v) is 7.88. The topological polar surface area (TPSA) is 76.6 Å². The fourth-order valence-electron chi connectivity index (χ4n) is 4.20. The zero-order valence-electron chi connectivity index (χ0n) is 18.2. The molecule has 8 heteroatoms. The molecule has 164 valence electrons. The monoisotopic (exact) mass is 431 g/mol. The molecule has 0 bridgehead atoms. The molecule has 4 aromatic rings. The molecule has 0 unspecified atom stereocenters. The molecule has 8 nitrogen and oxygen atoms in total. The lowest BCUT2D eigenvalue weighted by atomic mass is 10.1. The third kappa shape index (κ3) is 3.79. The minimum atomic E-state index is 0.112. The summed E-state index contributed by atoms with van der Waals surface area (Å²) in [5.41, 5.74) is 2.89. The highest BCUT2D eigenvalue weighted by atomic mass is 16.5. The largest absolute Gasteiger partial charge is 0.495 e. The van der Waals surface area contributed by atoms with Crippen molar-refractivity contribution in [3.8, 4) is 17.2 Å². The van der Waals surface area contributed by atoms with E-state index in [4.69, 9.17) is 9.15 Å². The minimum Gasteiger partial charge on any atom is -0.495 e. The van der Waals surface area contributed by atoms with Crippen LogP contribution >= 0.6 is 0 Å². The fourth-order valence-corrected chi connectivity index (χ4v) is 4.20. The molecule has 0 radical (unpaired) electrons. The Hall–Kier alpha value is -3.81. The highest BCUT2D eigenvalue weighted by Crippen LogP contribution is 2.29. The van der Waals surface area contributed by atoms with Crippen molar-refractivity contribution < 1.29 is 13.9 Å². The summed E-state index contributed by atoms with van der Waals surface area (Å²) in [5.74, 6) is 1.98. The number of carbonyl (C=O) groups is 1. The van der Waals surface area contributed by atoms with Gasteiger partial charge in [0.05, 0.1) is 12.8 Å². The van der Waals surface area contributed by atoms with Crippen LogP contribution in [0.15, 0.2) is 59.1 Å². The summed E-state index contributed by atoms with van der Waals surface area (Å²) in [6.07, 6.45) is 1.95. The van der Waals surface area contributed by atoms with E-state index in [-0.39, 0.29) is 5.91 Å². The van der Waals surface area contributed by atoms with Gasteiger partial charge in [0.15, 0.2) is 0 Å². The van der Waals surface area contributed by atoms with Crippen LogP contribution in [-0.4, -0.2) is 58.9 Å². The number of aryl methyl sites for hydroxylation is 1. The second kappa shape index (κ2) is 8.37. The van der Waals surface area contributed by atoms with Crippen molar-refractivity contribution in [1.29, 1.82) is 0 Å². The summed E-state index contributed by atoms with van der Waals surface area (Å²) in [6.45, 7) is 4.98. The number of fused-ring (bicyclic) bond motifs is 1. The molecule has 32 heavy (non-hydrogen) atoms. The third-order valence-electron chi connectivity index (χ3n) is 5.91. The molecule has 1 aliphatic rings. The summed E-state index contributed by atoms with van der Waals surface area (Å²) in [5, 5.41) is 9.07.